The van der Waals surface area contributed by atoms with E-state index in [0.717, 1.165) is 10.2 Å². The zero-order chi connectivity index (χ0) is 15.5. The van der Waals surface area contributed by atoms with Gasteiger partial charge in [-0.15, -0.1) is 0 Å². The number of hydrazone groups is 1. The molecule has 0 unspecified atom stereocenters. The molecule has 0 radical (unpaired) electrons. The second-order valence-corrected chi connectivity index (χ2v) is 5.48. The van der Waals surface area contributed by atoms with Gasteiger partial charge in [-0.1, -0.05) is 23.5 Å². The molecular formula is C15H13N3O3S. The number of phenolic OH excluding ortho intramolecular Hbond substituents is 2. The maximum atomic E-state index is 9.60. The fraction of sp³-hybridized carbons (Fsp3) is 0.0667. The molecule has 112 valence electrons. The van der Waals surface area contributed by atoms with Crippen LogP contribution >= 0.6 is 11.3 Å². The van der Waals surface area contributed by atoms with Crippen molar-refractivity contribution in [3.63, 3.8) is 0 Å². The van der Waals surface area contributed by atoms with Crippen molar-refractivity contribution in [2.45, 2.75) is 0 Å². The molecule has 0 amide bonds. The minimum absolute atomic E-state index is 0.182. The van der Waals surface area contributed by atoms with Crippen LogP contribution in [0.1, 0.15) is 5.56 Å². The predicted molar refractivity (Wildman–Crippen MR) is 87.2 cm³/mol. The molecule has 0 aliphatic heterocycles. The Hall–Kier alpha value is -2.80. The van der Waals surface area contributed by atoms with E-state index in [9.17, 15) is 10.2 Å². The van der Waals surface area contributed by atoms with E-state index in [1.54, 1.807) is 6.07 Å². The molecular weight excluding hydrogens is 302 g/mol. The maximum absolute atomic E-state index is 9.60. The fourth-order valence-corrected chi connectivity index (χ4v) is 2.74. The number of aromatic hydroxyl groups is 2. The van der Waals surface area contributed by atoms with Crippen molar-refractivity contribution in [3.05, 3.63) is 42.0 Å². The van der Waals surface area contributed by atoms with Gasteiger partial charge in [0.25, 0.3) is 0 Å². The van der Waals surface area contributed by atoms with Crippen molar-refractivity contribution < 1.29 is 14.9 Å². The van der Waals surface area contributed by atoms with Crippen LogP contribution in [-0.4, -0.2) is 28.5 Å². The van der Waals surface area contributed by atoms with Crippen LogP contribution in [0.5, 0.6) is 17.2 Å². The first kappa shape index (κ1) is 14.2. The Labute approximate surface area is 130 Å². The van der Waals surface area contributed by atoms with E-state index in [1.165, 1.54) is 30.7 Å². The number of methoxy groups -OCH3 is 1. The summed E-state index contributed by atoms with van der Waals surface area (Å²) in [6, 6.07) is 10.8. The Morgan fingerprint density at radius 1 is 1.27 bits per heavy atom. The molecule has 0 aliphatic carbocycles. The summed E-state index contributed by atoms with van der Waals surface area (Å²) in [5.41, 5.74) is 4.34. The first-order chi connectivity index (χ1) is 10.7. The van der Waals surface area contributed by atoms with Crippen LogP contribution in [0, 0.1) is 0 Å². The van der Waals surface area contributed by atoms with Crippen molar-refractivity contribution in [2.24, 2.45) is 5.10 Å². The van der Waals surface area contributed by atoms with Crippen LogP contribution in [0.15, 0.2) is 41.5 Å². The molecule has 0 fully saturated rings. The fourth-order valence-electron chi connectivity index (χ4n) is 1.93. The van der Waals surface area contributed by atoms with Crippen molar-refractivity contribution in [2.75, 3.05) is 12.5 Å². The van der Waals surface area contributed by atoms with Crippen molar-refractivity contribution in [3.8, 4) is 17.2 Å². The van der Waals surface area contributed by atoms with E-state index in [1.807, 2.05) is 24.3 Å². The molecule has 0 saturated carbocycles. The second-order valence-electron chi connectivity index (χ2n) is 4.45. The monoisotopic (exact) mass is 315 g/mol. The minimum atomic E-state index is -0.293. The van der Waals surface area contributed by atoms with Crippen molar-refractivity contribution >= 4 is 32.9 Å². The topological polar surface area (TPSA) is 87.0 Å². The van der Waals surface area contributed by atoms with Crippen molar-refractivity contribution in [1.29, 1.82) is 0 Å². The number of nitrogens with one attached hydrogen (secondary N) is 1. The average molecular weight is 315 g/mol. The number of para-hydroxylation sites is 1. The molecule has 3 rings (SSSR count). The average Bonchev–Trinajstić information content (AvgIpc) is 2.93. The van der Waals surface area contributed by atoms with E-state index in [2.05, 4.69) is 15.5 Å². The summed E-state index contributed by atoms with van der Waals surface area (Å²) in [6.07, 6.45) is 1.51. The Bertz CT molecular complexity index is 812. The Morgan fingerprint density at radius 3 is 2.86 bits per heavy atom. The SMILES string of the molecule is COc1cc(/C=N/Nc2nc3ccccc3s2)cc(O)c1O. The third kappa shape index (κ3) is 2.79. The van der Waals surface area contributed by atoms with Gasteiger partial charge in [-0.3, -0.25) is 5.43 Å². The van der Waals surface area contributed by atoms with E-state index in [4.69, 9.17) is 4.74 Å². The maximum Gasteiger partial charge on any atom is 0.204 e. The third-order valence-corrected chi connectivity index (χ3v) is 3.91. The lowest BCUT2D eigenvalue weighted by atomic mass is 10.2. The molecule has 0 aliphatic rings. The molecule has 0 saturated heterocycles. The lowest BCUT2D eigenvalue weighted by molar-refractivity contribution is 0.351. The number of aromatic nitrogens is 1. The smallest absolute Gasteiger partial charge is 0.204 e. The number of benzene rings is 2. The molecule has 0 spiro atoms. The Balaban J connectivity index is 1.78. The number of fused-ring (bicyclic) bond motifs is 1. The minimum Gasteiger partial charge on any atom is -0.504 e. The largest absolute Gasteiger partial charge is 0.504 e. The summed E-state index contributed by atoms with van der Waals surface area (Å²) in [4.78, 5) is 4.39. The van der Waals surface area contributed by atoms with Gasteiger partial charge in [0.2, 0.25) is 10.9 Å². The van der Waals surface area contributed by atoms with Gasteiger partial charge < -0.3 is 14.9 Å². The van der Waals surface area contributed by atoms with E-state index >= 15 is 0 Å². The molecule has 1 aromatic heterocycles. The van der Waals surface area contributed by atoms with Crippen LogP contribution in [0.3, 0.4) is 0 Å². The molecule has 2 aromatic carbocycles. The number of anilines is 1. The molecule has 7 heteroatoms. The number of hydrogen-bond acceptors (Lipinski definition) is 7. The van der Waals surface area contributed by atoms with Crippen LogP contribution in [-0.2, 0) is 0 Å². The number of hydrogen-bond donors (Lipinski definition) is 3. The standard InChI is InChI=1S/C15H13N3O3S/c1-21-12-7-9(6-11(19)14(12)20)8-16-18-15-17-10-4-2-3-5-13(10)22-15/h2-8,19-20H,1H3,(H,17,18)/b16-8+. The van der Waals surface area contributed by atoms with Gasteiger partial charge in [-0.05, 0) is 24.3 Å². The molecule has 3 aromatic rings. The summed E-state index contributed by atoms with van der Waals surface area (Å²) < 4.78 is 6.04. The number of thiazole rings is 1. The highest BCUT2D eigenvalue weighted by Crippen LogP contribution is 2.35. The van der Waals surface area contributed by atoms with Crippen LogP contribution in [0.2, 0.25) is 0 Å². The van der Waals surface area contributed by atoms with Gasteiger partial charge >= 0.3 is 0 Å². The summed E-state index contributed by atoms with van der Waals surface area (Å²) in [5, 5.41) is 23.9. The zero-order valence-corrected chi connectivity index (χ0v) is 12.5. The number of nitrogens with zero attached hydrogens (tertiary/aromatic N) is 2. The van der Waals surface area contributed by atoms with Gasteiger partial charge in [0.15, 0.2) is 11.5 Å². The van der Waals surface area contributed by atoms with Crippen LogP contribution in [0.4, 0.5) is 5.13 Å². The summed E-state index contributed by atoms with van der Waals surface area (Å²) in [5.74, 6) is -0.374. The summed E-state index contributed by atoms with van der Waals surface area (Å²) >= 11 is 1.50. The van der Waals surface area contributed by atoms with Crippen LogP contribution < -0.4 is 10.2 Å². The molecule has 1 heterocycles. The molecule has 0 bridgehead atoms. The normalized spacial score (nSPS) is 11.1. The molecule has 3 N–H and O–H groups in total. The number of rotatable bonds is 4. The van der Waals surface area contributed by atoms with Gasteiger partial charge in [0.1, 0.15) is 0 Å². The first-order valence-electron chi connectivity index (χ1n) is 6.42. The highest BCUT2D eigenvalue weighted by molar-refractivity contribution is 7.22. The van der Waals surface area contributed by atoms with E-state index < -0.39 is 0 Å². The molecule has 6 nitrogen and oxygen atoms in total. The van der Waals surface area contributed by atoms with Gasteiger partial charge in [-0.2, -0.15) is 5.10 Å². The lowest BCUT2D eigenvalue weighted by Gasteiger charge is -2.05. The van der Waals surface area contributed by atoms with E-state index in [-0.39, 0.29) is 17.2 Å². The lowest BCUT2D eigenvalue weighted by Crippen LogP contribution is -1.91. The zero-order valence-electron chi connectivity index (χ0n) is 11.6. The highest BCUT2D eigenvalue weighted by Gasteiger charge is 2.08. The van der Waals surface area contributed by atoms with Gasteiger partial charge in [0.05, 0.1) is 23.5 Å². The second kappa shape index (κ2) is 5.90. The predicted octanol–water partition coefficient (Wildman–Crippen LogP) is 3.16. The quantitative estimate of drug-likeness (QED) is 0.391. The first-order valence-corrected chi connectivity index (χ1v) is 7.23. The highest BCUT2D eigenvalue weighted by atomic mass is 32.1. The number of ether oxygens (including phenoxy) is 1. The van der Waals surface area contributed by atoms with Crippen molar-refractivity contribution in [1.82, 2.24) is 4.98 Å². The summed E-state index contributed by atoms with van der Waals surface area (Å²) in [6.45, 7) is 0. The number of phenols is 2. The molecule has 0 atom stereocenters. The van der Waals surface area contributed by atoms with E-state index in [0.29, 0.717) is 10.7 Å². The Morgan fingerprint density at radius 2 is 2.09 bits per heavy atom. The van der Waals surface area contributed by atoms with Gasteiger partial charge in [-0.25, -0.2) is 4.98 Å². The van der Waals surface area contributed by atoms with Crippen LogP contribution in [0.25, 0.3) is 10.2 Å². The molecule has 22 heavy (non-hydrogen) atoms. The Kier molecular flexibility index (Phi) is 3.80. The summed E-state index contributed by atoms with van der Waals surface area (Å²) in [7, 11) is 1.41. The third-order valence-electron chi connectivity index (χ3n) is 2.96. The van der Waals surface area contributed by atoms with Gasteiger partial charge in [0, 0.05) is 5.56 Å².